The van der Waals surface area contributed by atoms with Crippen molar-refractivity contribution in [2.24, 2.45) is 0 Å². The summed E-state index contributed by atoms with van der Waals surface area (Å²) in [7, 11) is 0. The fourth-order valence-corrected chi connectivity index (χ4v) is 5.04. The fourth-order valence-electron chi connectivity index (χ4n) is 3.84. The monoisotopic (exact) mass is 579 g/mol. The molecule has 0 radical (unpaired) electrons. The van der Waals surface area contributed by atoms with E-state index in [9.17, 15) is 14.4 Å². The van der Waals surface area contributed by atoms with Crippen LogP contribution in [0.3, 0.4) is 0 Å². The SMILES string of the molecule is CC(C)N1C(=O)C(Nc2ccc(Br)cc2)=C(Sc2ccc(NC(=O)c3ccc4c(c3)OCO4)cc2)C1=O. The lowest BCUT2D eigenvalue weighted by atomic mass is 10.2. The number of hydrogen-bond acceptors (Lipinski definition) is 7. The molecule has 8 nitrogen and oxygen atoms in total. The Kier molecular flexibility index (Phi) is 6.94. The van der Waals surface area contributed by atoms with Crippen molar-refractivity contribution in [3.05, 3.63) is 87.4 Å². The van der Waals surface area contributed by atoms with Crippen LogP contribution in [-0.2, 0) is 9.59 Å². The number of benzene rings is 3. The summed E-state index contributed by atoms with van der Waals surface area (Å²) >= 11 is 4.60. The molecule has 10 heteroatoms. The number of fused-ring (bicyclic) bond motifs is 1. The molecule has 5 rings (SSSR count). The second-order valence-electron chi connectivity index (χ2n) is 8.56. The zero-order valence-electron chi connectivity index (χ0n) is 19.9. The third-order valence-corrected chi connectivity index (χ3v) is 7.29. The highest BCUT2D eigenvalue weighted by molar-refractivity contribution is 9.10. The molecule has 3 aromatic rings. The average molecular weight is 580 g/mol. The smallest absolute Gasteiger partial charge is 0.278 e. The lowest BCUT2D eigenvalue weighted by Gasteiger charge is -2.19. The van der Waals surface area contributed by atoms with Crippen LogP contribution in [0.5, 0.6) is 11.5 Å². The molecule has 37 heavy (non-hydrogen) atoms. The number of carbonyl (C=O) groups is 3. The Bertz CT molecular complexity index is 1420. The van der Waals surface area contributed by atoms with Crippen LogP contribution in [0, 0.1) is 0 Å². The molecule has 3 aromatic carbocycles. The zero-order valence-corrected chi connectivity index (χ0v) is 22.3. The summed E-state index contributed by atoms with van der Waals surface area (Å²) in [6.07, 6.45) is 0. The van der Waals surface area contributed by atoms with Gasteiger partial charge in [0.25, 0.3) is 17.7 Å². The van der Waals surface area contributed by atoms with Crippen molar-refractivity contribution >= 4 is 56.8 Å². The number of anilines is 2. The molecule has 0 aromatic heterocycles. The first kappa shape index (κ1) is 24.9. The second-order valence-corrected chi connectivity index (χ2v) is 10.6. The number of carbonyl (C=O) groups excluding carboxylic acids is 3. The van der Waals surface area contributed by atoms with E-state index in [0.717, 1.165) is 9.37 Å². The van der Waals surface area contributed by atoms with Crippen LogP contribution in [0.1, 0.15) is 24.2 Å². The third-order valence-electron chi connectivity index (χ3n) is 5.67. The van der Waals surface area contributed by atoms with Crippen LogP contribution in [0.15, 0.2) is 86.7 Å². The van der Waals surface area contributed by atoms with Crippen molar-refractivity contribution < 1.29 is 23.9 Å². The molecule has 2 aliphatic rings. The topological polar surface area (TPSA) is 97.0 Å². The van der Waals surface area contributed by atoms with E-state index in [1.165, 1.54) is 16.7 Å². The van der Waals surface area contributed by atoms with Crippen LogP contribution >= 0.6 is 27.7 Å². The Morgan fingerprint density at radius 2 is 1.59 bits per heavy atom. The minimum absolute atomic E-state index is 0.138. The van der Waals surface area contributed by atoms with E-state index >= 15 is 0 Å². The van der Waals surface area contributed by atoms with Crippen LogP contribution in [0.2, 0.25) is 0 Å². The highest BCUT2D eigenvalue weighted by Crippen LogP contribution is 2.37. The Labute approximate surface area is 226 Å². The van der Waals surface area contributed by atoms with Crippen molar-refractivity contribution in [3.8, 4) is 11.5 Å². The number of imide groups is 1. The van der Waals surface area contributed by atoms with Gasteiger partial charge in [0.1, 0.15) is 10.6 Å². The van der Waals surface area contributed by atoms with Gasteiger partial charge in [-0.1, -0.05) is 27.7 Å². The number of ether oxygens (including phenoxy) is 2. The van der Waals surface area contributed by atoms with E-state index in [1.807, 2.05) is 24.3 Å². The van der Waals surface area contributed by atoms with Gasteiger partial charge in [-0.3, -0.25) is 19.3 Å². The van der Waals surface area contributed by atoms with Crippen molar-refractivity contribution in [1.29, 1.82) is 0 Å². The first-order valence-electron chi connectivity index (χ1n) is 11.4. The predicted molar refractivity (Wildman–Crippen MR) is 145 cm³/mol. The highest BCUT2D eigenvalue weighted by atomic mass is 79.9. The molecular formula is C27H22BrN3O5S. The summed E-state index contributed by atoms with van der Waals surface area (Å²) in [5.41, 5.74) is 1.98. The largest absolute Gasteiger partial charge is 0.454 e. The Balaban J connectivity index is 1.33. The number of thioether (sulfide) groups is 1. The lowest BCUT2D eigenvalue weighted by Crippen LogP contribution is -2.38. The molecule has 0 spiro atoms. The first-order chi connectivity index (χ1) is 17.8. The molecule has 2 aliphatic heterocycles. The maximum absolute atomic E-state index is 13.2. The molecule has 0 bridgehead atoms. The molecule has 0 saturated carbocycles. The number of halogens is 1. The van der Waals surface area contributed by atoms with Gasteiger partial charge in [0, 0.05) is 32.3 Å². The zero-order chi connectivity index (χ0) is 26.1. The van der Waals surface area contributed by atoms with E-state index in [1.54, 1.807) is 56.3 Å². The summed E-state index contributed by atoms with van der Waals surface area (Å²) in [5, 5.41) is 5.98. The molecule has 2 N–H and O–H groups in total. The molecule has 0 unspecified atom stereocenters. The lowest BCUT2D eigenvalue weighted by molar-refractivity contribution is -0.139. The van der Waals surface area contributed by atoms with Gasteiger partial charge in [-0.25, -0.2) is 0 Å². The van der Waals surface area contributed by atoms with Gasteiger partial charge >= 0.3 is 0 Å². The minimum Gasteiger partial charge on any atom is -0.454 e. The Morgan fingerprint density at radius 3 is 2.30 bits per heavy atom. The molecule has 0 aliphatic carbocycles. The Morgan fingerprint density at radius 1 is 0.919 bits per heavy atom. The van der Waals surface area contributed by atoms with Crippen molar-refractivity contribution in [3.63, 3.8) is 0 Å². The number of nitrogens with one attached hydrogen (secondary N) is 2. The van der Waals surface area contributed by atoms with Crippen LogP contribution in [-0.4, -0.2) is 35.5 Å². The maximum Gasteiger partial charge on any atom is 0.278 e. The summed E-state index contributed by atoms with van der Waals surface area (Å²) in [4.78, 5) is 41.3. The van der Waals surface area contributed by atoms with Gasteiger partial charge in [0.2, 0.25) is 6.79 Å². The molecule has 188 valence electrons. The number of hydrogen-bond donors (Lipinski definition) is 2. The van der Waals surface area contributed by atoms with E-state index in [0.29, 0.717) is 33.3 Å². The van der Waals surface area contributed by atoms with Crippen LogP contribution in [0.25, 0.3) is 0 Å². The average Bonchev–Trinajstić information content (AvgIpc) is 3.44. The summed E-state index contributed by atoms with van der Waals surface area (Å²) in [6, 6.07) is 19.2. The van der Waals surface area contributed by atoms with Gasteiger partial charge in [-0.2, -0.15) is 0 Å². The molecule has 0 fully saturated rings. The maximum atomic E-state index is 13.2. The summed E-state index contributed by atoms with van der Waals surface area (Å²) < 4.78 is 11.5. The van der Waals surface area contributed by atoms with Crippen molar-refractivity contribution in [1.82, 2.24) is 4.90 Å². The van der Waals surface area contributed by atoms with Gasteiger partial charge in [0.05, 0.1) is 0 Å². The third kappa shape index (κ3) is 5.21. The van der Waals surface area contributed by atoms with Gasteiger partial charge in [0.15, 0.2) is 11.5 Å². The normalized spacial score (nSPS) is 14.5. The first-order valence-corrected chi connectivity index (χ1v) is 13.0. The van der Waals surface area contributed by atoms with Crippen LogP contribution < -0.4 is 20.1 Å². The van der Waals surface area contributed by atoms with Crippen molar-refractivity contribution in [2.75, 3.05) is 17.4 Å². The van der Waals surface area contributed by atoms with Crippen molar-refractivity contribution in [2.45, 2.75) is 24.8 Å². The molecule has 0 atom stereocenters. The number of amides is 3. The van der Waals surface area contributed by atoms with E-state index in [2.05, 4.69) is 26.6 Å². The number of rotatable bonds is 7. The molecule has 3 amide bonds. The van der Waals surface area contributed by atoms with Gasteiger partial charge in [-0.15, -0.1) is 0 Å². The standard InChI is InChI=1S/C27H22BrN3O5S/c1-15(2)31-26(33)23(29-18-6-4-17(28)5-7-18)24(27(31)34)37-20-10-8-19(9-11-20)30-25(32)16-3-12-21-22(13-16)36-14-35-21/h3-13,15,29H,14H2,1-2H3,(H,30,32). The predicted octanol–water partition coefficient (Wildman–Crippen LogP) is 5.62. The highest BCUT2D eigenvalue weighted by Gasteiger charge is 2.40. The molecule has 0 saturated heterocycles. The minimum atomic E-state index is -0.363. The van der Waals surface area contributed by atoms with E-state index in [4.69, 9.17) is 9.47 Å². The number of nitrogens with zero attached hydrogens (tertiary/aromatic N) is 1. The van der Waals surface area contributed by atoms with E-state index in [-0.39, 0.29) is 36.3 Å². The van der Waals surface area contributed by atoms with E-state index < -0.39 is 0 Å². The Hall–Kier alpha value is -3.76. The van der Waals surface area contributed by atoms with Gasteiger partial charge < -0.3 is 20.1 Å². The summed E-state index contributed by atoms with van der Waals surface area (Å²) in [6.45, 7) is 3.75. The van der Waals surface area contributed by atoms with Gasteiger partial charge in [-0.05, 0) is 80.6 Å². The fraction of sp³-hybridized carbons (Fsp3) is 0.148. The molecular weight excluding hydrogens is 558 g/mol. The summed E-state index contributed by atoms with van der Waals surface area (Å²) in [5.74, 6) is 0.151. The molecule has 2 heterocycles. The van der Waals surface area contributed by atoms with Crippen LogP contribution in [0.4, 0.5) is 11.4 Å². The second kappa shape index (κ2) is 10.3. The quantitative estimate of drug-likeness (QED) is 0.350.